The smallest absolute Gasteiger partial charge is 0.131 e. The molecule has 1 aliphatic rings. The van der Waals surface area contributed by atoms with E-state index in [0.717, 1.165) is 44.6 Å². The molecule has 2 rings (SSSR count). The summed E-state index contributed by atoms with van der Waals surface area (Å²) in [6, 6.07) is 3.74. The molecule has 0 aromatic heterocycles. The summed E-state index contributed by atoms with van der Waals surface area (Å²) in [6.45, 7) is 6.18. The van der Waals surface area contributed by atoms with E-state index < -0.39 is 0 Å². The molecule has 1 saturated heterocycles. The van der Waals surface area contributed by atoms with Crippen LogP contribution in [0.3, 0.4) is 0 Å². The molecule has 0 radical (unpaired) electrons. The van der Waals surface area contributed by atoms with E-state index in [1.165, 1.54) is 12.8 Å². The average molecular weight is 322 g/mol. The van der Waals surface area contributed by atoms with Gasteiger partial charge in [0.15, 0.2) is 0 Å². The SMILES string of the molecule is CCCCC[C@@H](c1c(O)cc(OC)cc1OC)N1CCNCC1. The van der Waals surface area contributed by atoms with Crippen LogP contribution >= 0.6 is 0 Å². The predicted molar refractivity (Wildman–Crippen MR) is 92.5 cm³/mol. The lowest BCUT2D eigenvalue weighted by Crippen LogP contribution is -2.45. The number of rotatable bonds is 8. The molecule has 1 fully saturated rings. The van der Waals surface area contributed by atoms with E-state index in [-0.39, 0.29) is 11.8 Å². The Balaban J connectivity index is 2.32. The Bertz CT molecular complexity index is 487. The van der Waals surface area contributed by atoms with Gasteiger partial charge in [0.1, 0.15) is 17.2 Å². The van der Waals surface area contributed by atoms with Crippen LogP contribution in [0, 0.1) is 0 Å². The Hall–Kier alpha value is -1.46. The first-order valence-corrected chi connectivity index (χ1v) is 8.60. The second kappa shape index (κ2) is 8.99. The highest BCUT2D eigenvalue weighted by Gasteiger charge is 2.27. The molecule has 0 amide bonds. The zero-order valence-corrected chi connectivity index (χ0v) is 14.6. The van der Waals surface area contributed by atoms with Gasteiger partial charge in [0.25, 0.3) is 0 Å². The number of piperazine rings is 1. The molecule has 0 unspecified atom stereocenters. The molecule has 1 heterocycles. The van der Waals surface area contributed by atoms with Crippen LogP contribution < -0.4 is 14.8 Å². The van der Waals surface area contributed by atoms with Crippen molar-refractivity contribution >= 4 is 0 Å². The minimum Gasteiger partial charge on any atom is -0.507 e. The predicted octanol–water partition coefficient (Wildman–Crippen LogP) is 2.94. The first kappa shape index (κ1) is 17.9. The summed E-state index contributed by atoms with van der Waals surface area (Å²) < 4.78 is 10.8. The molecule has 1 aromatic rings. The van der Waals surface area contributed by atoms with Crippen LogP contribution in [-0.2, 0) is 0 Å². The van der Waals surface area contributed by atoms with E-state index in [0.29, 0.717) is 11.5 Å². The molecule has 1 aromatic carbocycles. The maximum absolute atomic E-state index is 10.6. The zero-order chi connectivity index (χ0) is 16.7. The summed E-state index contributed by atoms with van der Waals surface area (Å²) in [7, 11) is 3.25. The molecule has 1 atom stereocenters. The summed E-state index contributed by atoms with van der Waals surface area (Å²) in [6.07, 6.45) is 4.59. The number of nitrogens with one attached hydrogen (secondary N) is 1. The van der Waals surface area contributed by atoms with Crippen molar-refractivity contribution in [1.82, 2.24) is 10.2 Å². The van der Waals surface area contributed by atoms with E-state index in [9.17, 15) is 5.11 Å². The minimum atomic E-state index is 0.185. The highest BCUT2D eigenvalue weighted by Crippen LogP contribution is 2.42. The van der Waals surface area contributed by atoms with Gasteiger partial charge < -0.3 is 19.9 Å². The van der Waals surface area contributed by atoms with Crippen LogP contribution in [-0.4, -0.2) is 50.4 Å². The lowest BCUT2D eigenvalue weighted by Gasteiger charge is -2.36. The second-order valence-corrected chi connectivity index (χ2v) is 6.06. The van der Waals surface area contributed by atoms with Gasteiger partial charge in [-0.05, 0) is 6.42 Å². The molecule has 0 aliphatic carbocycles. The number of ether oxygens (including phenoxy) is 2. The van der Waals surface area contributed by atoms with Gasteiger partial charge in [0, 0.05) is 44.4 Å². The van der Waals surface area contributed by atoms with Crippen molar-refractivity contribution < 1.29 is 14.6 Å². The van der Waals surface area contributed by atoms with Gasteiger partial charge in [0.05, 0.1) is 19.8 Å². The molecule has 2 N–H and O–H groups in total. The molecule has 1 aliphatic heterocycles. The van der Waals surface area contributed by atoms with Gasteiger partial charge in [0.2, 0.25) is 0 Å². The summed E-state index contributed by atoms with van der Waals surface area (Å²) in [5.41, 5.74) is 0.895. The average Bonchev–Trinajstić information content (AvgIpc) is 2.59. The fraction of sp³-hybridized carbons (Fsp3) is 0.667. The molecule has 130 valence electrons. The normalized spacial score (nSPS) is 17.0. The zero-order valence-electron chi connectivity index (χ0n) is 14.6. The summed E-state index contributed by atoms with van der Waals surface area (Å²) in [5.74, 6) is 1.60. The van der Waals surface area contributed by atoms with Crippen molar-refractivity contribution in [2.24, 2.45) is 0 Å². The summed E-state index contributed by atoms with van der Waals surface area (Å²) in [4.78, 5) is 2.45. The van der Waals surface area contributed by atoms with Crippen molar-refractivity contribution in [3.05, 3.63) is 17.7 Å². The fourth-order valence-corrected chi connectivity index (χ4v) is 3.30. The largest absolute Gasteiger partial charge is 0.507 e. The summed E-state index contributed by atoms with van der Waals surface area (Å²) in [5, 5.41) is 14.0. The van der Waals surface area contributed by atoms with E-state index in [1.54, 1.807) is 20.3 Å². The van der Waals surface area contributed by atoms with Gasteiger partial charge in [-0.3, -0.25) is 4.90 Å². The molecule has 5 heteroatoms. The topological polar surface area (TPSA) is 54.0 Å². The van der Waals surface area contributed by atoms with Crippen molar-refractivity contribution in [3.8, 4) is 17.2 Å². The summed E-state index contributed by atoms with van der Waals surface area (Å²) >= 11 is 0. The van der Waals surface area contributed by atoms with Crippen LogP contribution in [0.4, 0.5) is 0 Å². The van der Waals surface area contributed by atoms with Crippen LogP contribution in [0.15, 0.2) is 12.1 Å². The van der Waals surface area contributed by atoms with E-state index in [1.807, 2.05) is 6.07 Å². The number of phenolic OH excluding ortho intramolecular Hbond substituents is 1. The Labute approximate surface area is 139 Å². The first-order valence-electron chi connectivity index (χ1n) is 8.60. The number of hydrogen-bond acceptors (Lipinski definition) is 5. The maximum atomic E-state index is 10.6. The van der Waals surface area contributed by atoms with Crippen LogP contribution in [0.25, 0.3) is 0 Å². The highest BCUT2D eigenvalue weighted by molar-refractivity contribution is 5.51. The van der Waals surface area contributed by atoms with E-state index >= 15 is 0 Å². The van der Waals surface area contributed by atoms with E-state index in [4.69, 9.17) is 9.47 Å². The lowest BCUT2D eigenvalue weighted by atomic mass is 9.96. The number of hydrogen-bond donors (Lipinski definition) is 2. The quantitative estimate of drug-likeness (QED) is 0.721. The van der Waals surface area contributed by atoms with Crippen molar-refractivity contribution in [3.63, 3.8) is 0 Å². The Morgan fingerprint density at radius 2 is 1.91 bits per heavy atom. The van der Waals surface area contributed by atoms with Gasteiger partial charge >= 0.3 is 0 Å². The monoisotopic (exact) mass is 322 g/mol. The molecule has 0 bridgehead atoms. The van der Waals surface area contributed by atoms with Crippen molar-refractivity contribution in [1.29, 1.82) is 0 Å². The number of methoxy groups -OCH3 is 2. The Morgan fingerprint density at radius 3 is 2.52 bits per heavy atom. The van der Waals surface area contributed by atoms with Crippen LogP contribution in [0.2, 0.25) is 0 Å². The van der Waals surface area contributed by atoms with Gasteiger partial charge in [-0.25, -0.2) is 0 Å². The first-order chi connectivity index (χ1) is 11.2. The van der Waals surface area contributed by atoms with Gasteiger partial charge in [-0.15, -0.1) is 0 Å². The molecule has 23 heavy (non-hydrogen) atoms. The van der Waals surface area contributed by atoms with Crippen molar-refractivity contribution in [2.75, 3.05) is 40.4 Å². The minimum absolute atomic E-state index is 0.185. The molecular weight excluding hydrogens is 292 g/mol. The maximum Gasteiger partial charge on any atom is 0.131 e. The van der Waals surface area contributed by atoms with Gasteiger partial charge in [-0.1, -0.05) is 26.2 Å². The third-order valence-corrected chi connectivity index (χ3v) is 4.56. The highest BCUT2D eigenvalue weighted by atomic mass is 16.5. The van der Waals surface area contributed by atoms with Gasteiger partial charge in [-0.2, -0.15) is 0 Å². The second-order valence-electron chi connectivity index (χ2n) is 6.06. The molecule has 0 saturated carbocycles. The fourth-order valence-electron chi connectivity index (χ4n) is 3.30. The molecule has 5 nitrogen and oxygen atoms in total. The van der Waals surface area contributed by atoms with Crippen molar-refractivity contribution in [2.45, 2.75) is 38.6 Å². The number of nitrogens with zero attached hydrogens (tertiary/aromatic N) is 1. The molecular formula is C18H30N2O3. The number of benzene rings is 1. The van der Waals surface area contributed by atoms with Crippen LogP contribution in [0.5, 0.6) is 17.2 Å². The Morgan fingerprint density at radius 1 is 1.17 bits per heavy atom. The number of unbranched alkanes of at least 4 members (excludes halogenated alkanes) is 2. The standard InChI is InChI=1S/C18H30N2O3/c1-4-5-6-7-15(20-10-8-19-9-11-20)18-16(21)12-14(22-2)13-17(18)23-3/h12-13,15,19,21H,4-11H2,1-3H3/t15-/m0/s1. The number of aromatic hydroxyl groups is 1. The number of phenols is 1. The third-order valence-electron chi connectivity index (χ3n) is 4.56. The van der Waals surface area contributed by atoms with Crippen LogP contribution in [0.1, 0.15) is 44.2 Å². The Kier molecular flexibility index (Phi) is 6.99. The molecule has 0 spiro atoms. The van der Waals surface area contributed by atoms with E-state index in [2.05, 4.69) is 17.1 Å². The third kappa shape index (κ3) is 4.52. The lowest BCUT2D eigenvalue weighted by molar-refractivity contribution is 0.157.